The van der Waals surface area contributed by atoms with Gasteiger partial charge in [-0.05, 0) is 23.2 Å². The van der Waals surface area contributed by atoms with E-state index < -0.39 is 0 Å². The van der Waals surface area contributed by atoms with Gasteiger partial charge in [-0.1, -0.05) is 6.07 Å². The van der Waals surface area contributed by atoms with E-state index in [0.29, 0.717) is 18.0 Å². The summed E-state index contributed by atoms with van der Waals surface area (Å²) in [5, 5.41) is 8.43. The van der Waals surface area contributed by atoms with Gasteiger partial charge in [0.05, 0.1) is 11.6 Å². The van der Waals surface area contributed by atoms with Crippen LogP contribution in [0.3, 0.4) is 0 Å². The largest absolute Gasteiger partial charge is 0.365 e. The van der Waals surface area contributed by atoms with Gasteiger partial charge in [-0.15, -0.1) is 0 Å². The van der Waals surface area contributed by atoms with Crippen LogP contribution in [0.2, 0.25) is 5.28 Å². The first-order valence-corrected chi connectivity index (χ1v) is 6.10. The number of aromatic nitrogens is 5. The number of rotatable bonds is 3. The highest BCUT2D eigenvalue weighted by atomic mass is 35.5. The van der Waals surface area contributed by atoms with Gasteiger partial charge in [-0.25, -0.2) is 0 Å². The smallest absolute Gasteiger partial charge is 0.226 e. The molecule has 0 amide bonds. The Balaban J connectivity index is 1.92. The van der Waals surface area contributed by atoms with Crippen LogP contribution in [-0.2, 0) is 13.6 Å². The van der Waals surface area contributed by atoms with Crippen LogP contribution < -0.4 is 5.32 Å². The van der Waals surface area contributed by atoms with E-state index in [1.807, 2.05) is 19.2 Å². The minimum absolute atomic E-state index is 0.199. The maximum absolute atomic E-state index is 5.92. The van der Waals surface area contributed by atoms with Gasteiger partial charge in [0, 0.05) is 26.0 Å². The van der Waals surface area contributed by atoms with E-state index >= 15 is 0 Å². The van der Waals surface area contributed by atoms with Gasteiger partial charge in [0.25, 0.3) is 0 Å². The van der Waals surface area contributed by atoms with Crippen molar-refractivity contribution in [3.8, 4) is 0 Å². The van der Waals surface area contributed by atoms with Crippen LogP contribution in [0, 0.1) is 0 Å². The zero-order valence-electron chi connectivity index (χ0n) is 10.2. The van der Waals surface area contributed by atoms with Crippen molar-refractivity contribution in [1.29, 1.82) is 0 Å². The molecule has 0 saturated carbocycles. The molecule has 96 valence electrons. The van der Waals surface area contributed by atoms with Crippen molar-refractivity contribution >= 4 is 28.5 Å². The van der Waals surface area contributed by atoms with Crippen molar-refractivity contribution in [2.24, 2.45) is 7.05 Å². The first-order valence-electron chi connectivity index (χ1n) is 5.72. The fraction of sp³-hybridized carbons (Fsp3) is 0.167. The molecule has 0 aromatic carbocycles. The van der Waals surface area contributed by atoms with Crippen molar-refractivity contribution < 1.29 is 0 Å². The lowest BCUT2D eigenvalue weighted by atomic mass is 10.3. The quantitative estimate of drug-likeness (QED) is 0.740. The maximum atomic E-state index is 5.92. The zero-order chi connectivity index (χ0) is 13.2. The molecule has 0 bridgehead atoms. The molecular weight excluding hydrogens is 264 g/mol. The summed E-state index contributed by atoms with van der Waals surface area (Å²) in [6, 6.07) is 3.88. The lowest BCUT2D eigenvalue weighted by Gasteiger charge is -2.06. The third-order valence-electron chi connectivity index (χ3n) is 2.75. The second-order valence-electron chi connectivity index (χ2n) is 4.06. The number of nitrogens with one attached hydrogen (secondary N) is 1. The standard InChI is InChI=1S/C12H11ClN6/c1-19-11-9(7-16-19)10(17-12(13)18-11)15-6-8-3-2-4-14-5-8/h2-5,7H,6H2,1H3,(H,15,17,18). The third kappa shape index (κ3) is 2.34. The molecule has 3 heterocycles. The van der Waals surface area contributed by atoms with Gasteiger partial charge in [-0.3, -0.25) is 9.67 Å². The number of aryl methyl sites for hydroxylation is 1. The third-order valence-corrected chi connectivity index (χ3v) is 2.92. The molecule has 7 heteroatoms. The monoisotopic (exact) mass is 274 g/mol. The van der Waals surface area contributed by atoms with Crippen LogP contribution in [0.4, 0.5) is 5.82 Å². The summed E-state index contributed by atoms with van der Waals surface area (Å²) in [6.45, 7) is 0.616. The Labute approximate surface area is 114 Å². The molecule has 1 N–H and O–H groups in total. The zero-order valence-corrected chi connectivity index (χ0v) is 11.0. The lowest BCUT2D eigenvalue weighted by Crippen LogP contribution is -2.03. The average molecular weight is 275 g/mol. The maximum Gasteiger partial charge on any atom is 0.226 e. The van der Waals surface area contributed by atoms with Crippen molar-refractivity contribution in [2.75, 3.05) is 5.32 Å². The number of pyridine rings is 1. The van der Waals surface area contributed by atoms with Gasteiger partial charge in [0.1, 0.15) is 5.82 Å². The molecule has 0 radical (unpaired) electrons. The molecular formula is C12H11ClN6. The highest BCUT2D eigenvalue weighted by Gasteiger charge is 2.10. The van der Waals surface area contributed by atoms with Crippen molar-refractivity contribution in [3.05, 3.63) is 41.6 Å². The SMILES string of the molecule is Cn1ncc2c(NCc3cccnc3)nc(Cl)nc21. The Hall–Kier alpha value is -2.21. The normalized spacial score (nSPS) is 10.8. The highest BCUT2D eigenvalue weighted by molar-refractivity contribution is 6.28. The number of anilines is 1. The van der Waals surface area contributed by atoms with E-state index in [9.17, 15) is 0 Å². The molecule has 0 aliphatic rings. The fourth-order valence-electron chi connectivity index (χ4n) is 1.82. The van der Waals surface area contributed by atoms with Crippen LogP contribution in [-0.4, -0.2) is 24.7 Å². The molecule has 3 rings (SSSR count). The molecule has 0 aliphatic heterocycles. The molecule has 0 spiro atoms. The predicted octanol–water partition coefficient (Wildman–Crippen LogP) is 2.02. The minimum Gasteiger partial charge on any atom is -0.365 e. The Morgan fingerprint density at radius 3 is 3.00 bits per heavy atom. The summed E-state index contributed by atoms with van der Waals surface area (Å²) in [6.07, 6.45) is 5.26. The second kappa shape index (κ2) is 4.81. The first-order chi connectivity index (χ1) is 9.24. The lowest BCUT2D eigenvalue weighted by molar-refractivity contribution is 0.785. The summed E-state index contributed by atoms with van der Waals surface area (Å²) >= 11 is 5.92. The molecule has 0 atom stereocenters. The topological polar surface area (TPSA) is 68.5 Å². The Morgan fingerprint density at radius 1 is 1.32 bits per heavy atom. The summed E-state index contributed by atoms with van der Waals surface area (Å²) in [7, 11) is 1.82. The van der Waals surface area contributed by atoms with Crippen LogP contribution in [0.15, 0.2) is 30.7 Å². The molecule has 19 heavy (non-hydrogen) atoms. The van der Waals surface area contributed by atoms with Crippen LogP contribution in [0.1, 0.15) is 5.56 Å². The van der Waals surface area contributed by atoms with Crippen LogP contribution >= 0.6 is 11.6 Å². The molecule has 3 aromatic heterocycles. The number of hydrogen-bond acceptors (Lipinski definition) is 5. The Kier molecular flexibility index (Phi) is 3.00. The van der Waals surface area contributed by atoms with E-state index in [-0.39, 0.29) is 5.28 Å². The van der Waals surface area contributed by atoms with Crippen molar-refractivity contribution in [1.82, 2.24) is 24.7 Å². The summed E-state index contributed by atoms with van der Waals surface area (Å²) in [5.41, 5.74) is 1.77. The molecule has 0 saturated heterocycles. The summed E-state index contributed by atoms with van der Waals surface area (Å²) in [5.74, 6) is 0.673. The van der Waals surface area contributed by atoms with E-state index in [0.717, 1.165) is 10.9 Å². The Morgan fingerprint density at radius 2 is 2.21 bits per heavy atom. The predicted molar refractivity (Wildman–Crippen MR) is 72.9 cm³/mol. The van der Waals surface area contributed by atoms with Gasteiger partial charge in [0.2, 0.25) is 5.28 Å². The number of hydrogen-bond donors (Lipinski definition) is 1. The average Bonchev–Trinajstić information content (AvgIpc) is 2.79. The van der Waals surface area contributed by atoms with Crippen LogP contribution in [0.5, 0.6) is 0 Å². The van der Waals surface area contributed by atoms with Crippen molar-refractivity contribution in [2.45, 2.75) is 6.54 Å². The molecule has 0 unspecified atom stereocenters. The minimum atomic E-state index is 0.199. The van der Waals surface area contributed by atoms with E-state index in [1.165, 1.54) is 0 Å². The van der Waals surface area contributed by atoms with Gasteiger partial charge in [-0.2, -0.15) is 15.1 Å². The second-order valence-corrected chi connectivity index (χ2v) is 4.40. The summed E-state index contributed by atoms with van der Waals surface area (Å²) in [4.78, 5) is 12.4. The highest BCUT2D eigenvalue weighted by Crippen LogP contribution is 2.21. The summed E-state index contributed by atoms with van der Waals surface area (Å²) < 4.78 is 1.66. The Bertz CT molecular complexity index is 709. The van der Waals surface area contributed by atoms with E-state index in [2.05, 4.69) is 25.4 Å². The van der Waals surface area contributed by atoms with Crippen LogP contribution in [0.25, 0.3) is 11.0 Å². The first kappa shape index (κ1) is 11.9. The van der Waals surface area contributed by atoms with E-state index in [1.54, 1.807) is 23.3 Å². The number of halogens is 1. The molecule has 0 aliphatic carbocycles. The van der Waals surface area contributed by atoms with Gasteiger partial charge in [0.15, 0.2) is 5.65 Å². The van der Waals surface area contributed by atoms with E-state index in [4.69, 9.17) is 11.6 Å². The number of fused-ring (bicyclic) bond motifs is 1. The van der Waals surface area contributed by atoms with Gasteiger partial charge < -0.3 is 5.32 Å². The molecule has 0 fully saturated rings. The molecule has 6 nitrogen and oxygen atoms in total. The number of nitrogens with zero attached hydrogens (tertiary/aromatic N) is 5. The van der Waals surface area contributed by atoms with Crippen molar-refractivity contribution in [3.63, 3.8) is 0 Å². The van der Waals surface area contributed by atoms with Gasteiger partial charge >= 0.3 is 0 Å². The molecule has 3 aromatic rings. The fourth-order valence-corrected chi connectivity index (χ4v) is 1.98.